The first kappa shape index (κ1) is 18.6. The number of hydrogen-bond donors (Lipinski definition) is 0. The van der Waals surface area contributed by atoms with Gasteiger partial charge in [0.1, 0.15) is 5.75 Å². The highest BCUT2D eigenvalue weighted by Crippen LogP contribution is 2.27. The number of pyridine rings is 1. The zero-order valence-electron chi connectivity index (χ0n) is 16.1. The normalized spacial score (nSPS) is 22.9. The largest absolute Gasteiger partial charge is 0.496 e. The van der Waals surface area contributed by atoms with Crippen LogP contribution >= 0.6 is 0 Å². The number of methoxy groups -OCH3 is 1. The van der Waals surface area contributed by atoms with E-state index in [9.17, 15) is 0 Å². The first-order valence-electron chi connectivity index (χ1n) is 9.72. The molecule has 0 amide bonds. The van der Waals surface area contributed by atoms with Gasteiger partial charge in [-0.1, -0.05) is 6.42 Å². The van der Waals surface area contributed by atoms with Gasteiger partial charge in [-0.25, -0.2) is 0 Å². The molecule has 2 aliphatic rings. The van der Waals surface area contributed by atoms with E-state index in [0.717, 1.165) is 44.2 Å². The van der Waals surface area contributed by atoms with Gasteiger partial charge >= 0.3 is 0 Å². The Bertz CT molecular complexity index is 558. The van der Waals surface area contributed by atoms with Crippen LogP contribution in [0, 0.1) is 13.8 Å². The third kappa shape index (κ3) is 4.72. The van der Waals surface area contributed by atoms with Gasteiger partial charge in [-0.15, -0.1) is 0 Å². The molecular formula is C20H33N3O2. The van der Waals surface area contributed by atoms with Crippen molar-refractivity contribution in [2.24, 2.45) is 0 Å². The highest BCUT2D eigenvalue weighted by Gasteiger charge is 2.25. The molecule has 0 spiro atoms. The second kappa shape index (κ2) is 8.97. The lowest BCUT2D eigenvalue weighted by molar-refractivity contribution is 0.0301. The Morgan fingerprint density at radius 2 is 2.00 bits per heavy atom. The molecule has 3 heterocycles. The topological polar surface area (TPSA) is 37.8 Å². The highest BCUT2D eigenvalue weighted by molar-refractivity contribution is 5.41. The van der Waals surface area contributed by atoms with Gasteiger partial charge in [-0.2, -0.15) is 0 Å². The predicted molar refractivity (Wildman–Crippen MR) is 100 cm³/mol. The van der Waals surface area contributed by atoms with Crippen molar-refractivity contribution in [2.75, 3.05) is 46.5 Å². The minimum absolute atomic E-state index is 0.671. The third-order valence-corrected chi connectivity index (χ3v) is 5.73. The van der Waals surface area contributed by atoms with Gasteiger partial charge in [0, 0.05) is 43.0 Å². The lowest BCUT2D eigenvalue weighted by Gasteiger charge is -2.37. The molecule has 0 N–H and O–H groups in total. The van der Waals surface area contributed by atoms with E-state index in [-0.39, 0.29) is 0 Å². The van der Waals surface area contributed by atoms with E-state index < -0.39 is 0 Å². The summed E-state index contributed by atoms with van der Waals surface area (Å²) in [6, 6.07) is 0.671. The number of hydrogen-bond acceptors (Lipinski definition) is 5. The summed E-state index contributed by atoms with van der Waals surface area (Å²) in [5.74, 6) is 0.992. The molecular weight excluding hydrogens is 314 g/mol. The lowest BCUT2D eigenvalue weighted by Crippen LogP contribution is -2.43. The number of ether oxygens (including phenoxy) is 2. The molecule has 2 saturated heterocycles. The van der Waals surface area contributed by atoms with Gasteiger partial charge in [0.25, 0.3) is 0 Å². The van der Waals surface area contributed by atoms with Crippen LogP contribution < -0.4 is 4.74 Å². The van der Waals surface area contributed by atoms with E-state index in [1.165, 1.54) is 50.0 Å². The summed E-state index contributed by atoms with van der Waals surface area (Å²) in [6.45, 7) is 11.5. The van der Waals surface area contributed by atoms with E-state index in [4.69, 9.17) is 14.5 Å². The lowest BCUT2D eigenvalue weighted by atomic mass is 9.98. The molecule has 5 heteroatoms. The molecule has 0 bridgehead atoms. The molecule has 2 fully saturated rings. The van der Waals surface area contributed by atoms with Crippen LogP contribution in [0.2, 0.25) is 0 Å². The van der Waals surface area contributed by atoms with Crippen molar-refractivity contribution in [1.82, 2.24) is 14.8 Å². The van der Waals surface area contributed by atoms with E-state index in [1.54, 1.807) is 7.11 Å². The maximum absolute atomic E-state index is 5.58. The predicted octanol–water partition coefficient (Wildman–Crippen LogP) is 2.78. The first-order valence-corrected chi connectivity index (χ1v) is 9.72. The van der Waals surface area contributed by atoms with Gasteiger partial charge in [-0.3, -0.25) is 14.8 Å². The summed E-state index contributed by atoms with van der Waals surface area (Å²) >= 11 is 0. The first-order chi connectivity index (χ1) is 12.2. The number of morpholine rings is 1. The standard InChI is InChI=1S/C20H33N3O2/c1-16-14-21-19(17(2)20(16)24-3)15-23-8-5-4-6-18(23)7-9-22-10-12-25-13-11-22/h14,18H,4-13,15H2,1-3H3/t18-/m0/s1. The van der Waals surface area contributed by atoms with Crippen LogP contribution in [0.15, 0.2) is 6.20 Å². The Balaban J connectivity index is 1.63. The maximum atomic E-state index is 5.58. The number of nitrogens with zero attached hydrogens (tertiary/aromatic N) is 3. The minimum atomic E-state index is 0.671. The van der Waals surface area contributed by atoms with Crippen molar-refractivity contribution >= 4 is 0 Å². The SMILES string of the molecule is COc1c(C)cnc(CN2CCCC[C@H]2CCN2CCOCC2)c1C. The van der Waals surface area contributed by atoms with Crippen LogP contribution in [0.1, 0.15) is 42.5 Å². The Hall–Kier alpha value is -1.17. The Morgan fingerprint density at radius 1 is 1.20 bits per heavy atom. The van der Waals surface area contributed by atoms with Crippen LogP contribution in [0.5, 0.6) is 5.75 Å². The molecule has 2 aliphatic heterocycles. The number of likely N-dealkylation sites (tertiary alicyclic amines) is 1. The quantitative estimate of drug-likeness (QED) is 0.791. The molecule has 0 radical (unpaired) electrons. The Kier molecular flexibility index (Phi) is 6.68. The molecule has 0 unspecified atom stereocenters. The van der Waals surface area contributed by atoms with Crippen molar-refractivity contribution < 1.29 is 9.47 Å². The van der Waals surface area contributed by atoms with Crippen molar-refractivity contribution in [3.8, 4) is 5.75 Å². The van der Waals surface area contributed by atoms with Crippen LogP contribution in [0.3, 0.4) is 0 Å². The summed E-state index contributed by atoms with van der Waals surface area (Å²) in [6.07, 6.45) is 7.17. The van der Waals surface area contributed by atoms with Crippen LogP contribution in [-0.2, 0) is 11.3 Å². The highest BCUT2D eigenvalue weighted by atomic mass is 16.5. The minimum Gasteiger partial charge on any atom is -0.496 e. The van der Waals surface area contributed by atoms with Gasteiger partial charge in [-0.05, 0) is 46.2 Å². The van der Waals surface area contributed by atoms with Crippen molar-refractivity contribution in [2.45, 2.75) is 52.1 Å². The summed E-state index contributed by atoms with van der Waals surface area (Å²) in [4.78, 5) is 9.91. The molecule has 0 aliphatic carbocycles. The molecule has 1 aromatic rings. The van der Waals surface area contributed by atoms with E-state index in [2.05, 4.69) is 23.6 Å². The molecule has 3 rings (SSSR count). The monoisotopic (exact) mass is 347 g/mol. The summed E-state index contributed by atoms with van der Waals surface area (Å²) < 4.78 is 11.0. The summed E-state index contributed by atoms with van der Waals surface area (Å²) in [5.41, 5.74) is 3.48. The molecule has 140 valence electrons. The van der Waals surface area contributed by atoms with Crippen LogP contribution in [-0.4, -0.2) is 67.3 Å². The molecule has 5 nitrogen and oxygen atoms in total. The van der Waals surface area contributed by atoms with Crippen LogP contribution in [0.4, 0.5) is 0 Å². The number of aryl methyl sites for hydroxylation is 1. The fraction of sp³-hybridized carbons (Fsp3) is 0.750. The number of rotatable bonds is 6. The Morgan fingerprint density at radius 3 is 2.76 bits per heavy atom. The molecule has 25 heavy (non-hydrogen) atoms. The maximum Gasteiger partial charge on any atom is 0.128 e. The van der Waals surface area contributed by atoms with E-state index in [0.29, 0.717) is 6.04 Å². The summed E-state index contributed by atoms with van der Waals surface area (Å²) in [5, 5.41) is 0. The molecule has 0 saturated carbocycles. The fourth-order valence-corrected chi connectivity index (χ4v) is 4.17. The molecule has 1 atom stereocenters. The van der Waals surface area contributed by atoms with Crippen molar-refractivity contribution in [1.29, 1.82) is 0 Å². The van der Waals surface area contributed by atoms with Gasteiger partial charge in [0.05, 0.1) is 26.0 Å². The van der Waals surface area contributed by atoms with Crippen LogP contribution in [0.25, 0.3) is 0 Å². The summed E-state index contributed by atoms with van der Waals surface area (Å²) in [7, 11) is 1.76. The average molecular weight is 348 g/mol. The number of piperidine rings is 1. The third-order valence-electron chi connectivity index (χ3n) is 5.73. The van der Waals surface area contributed by atoms with E-state index in [1.807, 2.05) is 6.20 Å². The van der Waals surface area contributed by atoms with Crippen molar-refractivity contribution in [3.63, 3.8) is 0 Å². The fourth-order valence-electron chi connectivity index (χ4n) is 4.17. The Labute approximate surface area is 152 Å². The smallest absolute Gasteiger partial charge is 0.128 e. The van der Waals surface area contributed by atoms with Gasteiger partial charge in [0.2, 0.25) is 0 Å². The van der Waals surface area contributed by atoms with Gasteiger partial charge < -0.3 is 9.47 Å². The zero-order valence-corrected chi connectivity index (χ0v) is 16.1. The number of aromatic nitrogens is 1. The van der Waals surface area contributed by atoms with Gasteiger partial charge in [0.15, 0.2) is 0 Å². The molecule has 1 aromatic heterocycles. The van der Waals surface area contributed by atoms with Crippen molar-refractivity contribution in [3.05, 3.63) is 23.0 Å². The van der Waals surface area contributed by atoms with E-state index >= 15 is 0 Å². The molecule has 0 aromatic carbocycles. The second-order valence-electron chi connectivity index (χ2n) is 7.41. The average Bonchev–Trinajstić information content (AvgIpc) is 2.64. The second-order valence-corrected chi connectivity index (χ2v) is 7.41. The zero-order chi connectivity index (χ0) is 17.6.